The second-order valence-corrected chi connectivity index (χ2v) is 8.41. The molecule has 1 N–H and O–H groups in total. The van der Waals surface area contributed by atoms with Crippen molar-refractivity contribution in [1.82, 2.24) is 10.2 Å². The normalized spacial score (nSPS) is 12.7. The molecule has 3 aromatic rings. The Balaban J connectivity index is 1.44. The van der Waals surface area contributed by atoms with Crippen LogP contribution in [0, 0.1) is 20.8 Å². The van der Waals surface area contributed by atoms with E-state index in [4.69, 9.17) is 4.74 Å². The van der Waals surface area contributed by atoms with Crippen molar-refractivity contribution in [1.29, 1.82) is 0 Å². The molecule has 32 heavy (non-hydrogen) atoms. The van der Waals surface area contributed by atoms with Crippen molar-refractivity contribution < 1.29 is 23.9 Å². The van der Waals surface area contributed by atoms with Crippen LogP contribution in [-0.4, -0.2) is 40.5 Å². The fraction of sp³-hybridized carbons (Fsp3) is 0.182. The van der Waals surface area contributed by atoms with E-state index in [0.717, 1.165) is 27.4 Å². The summed E-state index contributed by atoms with van der Waals surface area (Å²) in [6, 6.07) is 9.62. The van der Waals surface area contributed by atoms with E-state index < -0.39 is 30.3 Å². The molecule has 0 bridgehead atoms. The van der Waals surface area contributed by atoms with Crippen LogP contribution >= 0.6 is 11.3 Å². The SMILES string of the molecule is Cc1ccc(NC(=O)COC(=O)c2ccc3c(c2)C(=O)N(c2nnc(C)s2)C3=O)c(C)c1. The number of hydrogen-bond donors (Lipinski definition) is 1. The van der Waals surface area contributed by atoms with Gasteiger partial charge in [0.2, 0.25) is 5.13 Å². The van der Waals surface area contributed by atoms with Crippen molar-refractivity contribution in [3.8, 4) is 0 Å². The Labute approximate surface area is 187 Å². The van der Waals surface area contributed by atoms with Crippen LogP contribution in [-0.2, 0) is 9.53 Å². The largest absolute Gasteiger partial charge is 0.452 e. The summed E-state index contributed by atoms with van der Waals surface area (Å²) in [5.74, 6) is -2.40. The van der Waals surface area contributed by atoms with Gasteiger partial charge in [0.05, 0.1) is 16.7 Å². The summed E-state index contributed by atoms with van der Waals surface area (Å²) in [7, 11) is 0. The van der Waals surface area contributed by atoms with E-state index in [1.807, 2.05) is 26.0 Å². The van der Waals surface area contributed by atoms with E-state index in [-0.39, 0.29) is 21.8 Å². The lowest BCUT2D eigenvalue weighted by molar-refractivity contribution is -0.119. The van der Waals surface area contributed by atoms with Crippen molar-refractivity contribution in [2.45, 2.75) is 20.8 Å². The summed E-state index contributed by atoms with van der Waals surface area (Å²) >= 11 is 1.11. The Kier molecular flexibility index (Phi) is 5.54. The second-order valence-electron chi connectivity index (χ2n) is 7.25. The first-order chi connectivity index (χ1) is 15.2. The molecule has 0 saturated carbocycles. The van der Waals surface area contributed by atoms with E-state index in [2.05, 4.69) is 15.5 Å². The lowest BCUT2D eigenvalue weighted by atomic mass is 10.1. The van der Waals surface area contributed by atoms with Crippen molar-refractivity contribution in [2.75, 3.05) is 16.8 Å². The number of hydrogen-bond acceptors (Lipinski definition) is 8. The molecule has 1 aliphatic rings. The molecule has 162 valence electrons. The summed E-state index contributed by atoms with van der Waals surface area (Å²) < 4.78 is 5.08. The van der Waals surface area contributed by atoms with Crippen molar-refractivity contribution in [3.05, 3.63) is 69.2 Å². The number of imide groups is 1. The topological polar surface area (TPSA) is 119 Å². The molecule has 0 aliphatic carbocycles. The fourth-order valence-corrected chi connectivity index (χ4v) is 3.96. The number of aryl methyl sites for hydroxylation is 3. The van der Waals surface area contributed by atoms with Crippen LogP contribution in [0.5, 0.6) is 0 Å². The Bertz CT molecular complexity index is 1280. The number of amides is 3. The number of esters is 1. The first kappa shape index (κ1) is 21.3. The highest BCUT2D eigenvalue weighted by Crippen LogP contribution is 2.31. The summed E-state index contributed by atoms with van der Waals surface area (Å²) in [6.07, 6.45) is 0. The first-order valence-corrected chi connectivity index (χ1v) is 10.4. The predicted octanol–water partition coefficient (Wildman–Crippen LogP) is 3.06. The van der Waals surface area contributed by atoms with E-state index in [9.17, 15) is 19.2 Å². The number of ether oxygens (including phenoxy) is 1. The van der Waals surface area contributed by atoms with Crippen LogP contribution in [0.1, 0.15) is 47.2 Å². The molecular weight excluding hydrogens is 432 g/mol. The number of anilines is 2. The molecule has 0 fully saturated rings. The monoisotopic (exact) mass is 450 g/mol. The highest BCUT2D eigenvalue weighted by Gasteiger charge is 2.39. The quantitative estimate of drug-likeness (QED) is 0.469. The van der Waals surface area contributed by atoms with Crippen molar-refractivity contribution in [3.63, 3.8) is 0 Å². The molecule has 2 heterocycles. The fourth-order valence-electron chi connectivity index (χ4n) is 3.27. The summed E-state index contributed by atoms with van der Waals surface area (Å²) in [5.41, 5.74) is 2.87. The predicted molar refractivity (Wildman–Crippen MR) is 117 cm³/mol. The zero-order chi connectivity index (χ0) is 23.0. The maximum absolute atomic E-state index is 12.7. The molecule has 2 aromatic carbocycles. The number of nitrogens with zero attached hydrogens (tertiary/aromatic N) is 3. The highest BCUT2D eigenvalue weighted by molar-refractivity contribution is 7.15. The third kappa shape index (κ3) is 4.00. The smallest absolute Gasteiger partial charge is 0.338 e. The maximum Gasteiger partial charge on any atom is 0.338 e. The van der Waals surface area contributed by atoms with Crippen LogP contribution in [0.15, 0.2) is 36.4 Å². The van der Waals surface area contributed by atoms with E-state index in [0.29, 0.717) is 10.7 Å². The van der Waals surface area contributed by atoms with Gasteiger partial charge in [-0.05, 0) is 50.6 Å². The van der Waals surface area contributed by atoms with E-state index in [1.54, 1.807) is 13.0 Å². The molecule has 9 nitrogen and oxygen atoms in total. The number of carbonyl (C=O) groups is 4. The van der Waals surface area contributed by atoms with Gasteiger partial charge < -0.3 is 10.1 Å². The van der Waals surface area contributed by atoms with Gasteiger partial charge in [-0.15, -0.1) is 10.2 Å². The van der Waals surface area contributed by atoms with Crippen LogP contribution < -0.4 is 10.2 Å². The van der Waals surface area contributed by atoms with E-state index >= 15 is 0 Å². The second kappa shape index (κ2) is 8.31. The molecule has 1 aromatic heterocycles. The van der Waals surface area contributed by atoms with Crippen LogP contribution in [0.3, 0.4) is 0 Å². The van der Waals surface area contributed by atoms with Crippen molar-refractivity contribution in [2.24, 2.45) is 0 Å². The summed E-state index contributed by atoms with van der Waals surface area (Å²) in [5, 5.41) is 11.1. The molecule has 0 unspecified atom stereocenters. The number of benzene rings is 2. The van der Waals surface area contributed by atoms with Gasteiger partial charge in [-0.2, -0.15) is 0 Å². The molecule has 0 saturated heterocycles. The van der Waals surface area contributed by atoms with Gasteiger partial charge in [-0.25, -0.2) is 9.69 Å². The standard InChI is InChI=1S/C22H18N4O5S/c1-11-4-7-17(12(2)8-11)23-18(27)10-31-21(30)14-5-6-15-16(9-14)20(29)26(19(15)28)22-25-24-13(3)32-22/h4-9H,10H2,1-3H3,(H,23,27). The average molecular weight is 450 g/mol. The minimum atomic E-state index is -0.783. The lowest BCUT2D eigenvalue weighted by Gasteiger charge is -2.10. The zero-order valence-corrected chi connectivity index (χ0v) is 18.3. The van der Waals surface area contributed by atoms with Crippen LogP contribution in [0.25, 0.3) is 0 Å². The highest BCUT2D eigenvalue weighted by atomic mass is 32.1. The molecule has 0 radical (unpaired) electrons. The third-order valence-corrected chi connectivity index (χ3v) is 5.64. The van der Waals surface area contributed by atoms with Gasteiger partial charge in [-0.3, -0.25) is 14.4 Å². The van der Waals surface area contributed by atoms with Gasteiger partial charge in [0, 0.05) is 5.69 Å². The average Bonchev–Trinajstić information content (AvgIpc) is 3.28. The van der Waals surface area contributed by atoms with Gasteiger partial charge in [0.25, 0.3) is 17.7 Å². The Morgan fingerprint density at radius 1 is 1.00 bits per heavy atom. The summed E-state index contributed by atoms with van der Waals surface area (Å²) in [4.78, 5) is 50.9. The Hall–Kier alpha value is -3.92. The Morgan fingerprint density at radius 2 is 1.75 bits per heavy atom. The van der Waals surface area contributed by atoms with Gasteiger partial charge in [0.1, 0.15) is 5.01 Å². The van der Waals surface area contributed by atoms with Crippen LogP contribution in [0.4, 0.5) is 10.8 Å². The minimum absolute atomic E-state index is 0.0551. The zero-order valence-electron chi connectivity index (χ0n) is 17.5. The van der Waals surface area contributed by atoms with Gasteiger partial charge in [-0.1, -0.05) is 29.0 Å². The minimum Gasteiger partial charge on any atom is -0.452 e. The number of aromatic nitrogens is 2. The molecule has 3 amide bonds. The first-order valence-electron chi connectivity index (χ1n) is 9.62. The van der Waals surface area contributed by atoms with Gasteiger partial charge >= 0.3 is 5.97 Å². The molecule has 0 spiro atoms. The number of rotatable bonds is 5. The molecule has 1 aliphatic heterocycles. The Morgan fingerprint density at radius 3 is 2.44 bits per heavy atom. The lowest BCUT2D eigenvalue weighted by Crippen LogP contribution is -2.29. The number of nitrogens with one attached hydrogen (secondary N) is 1. The van der Waals surface area contributed by atoms with Crippen molar-refractivity contribution >= 4 is 45.8 Å². The van der Waals surface area contributed by atoms with Gasteiger partial charge in [0.15, 0.2) is 6.61 Å². The molecule has 4 rings (SSSR count). The van der Waals surface area contributed by atoms with E-state index in [1.165, 1.54) is 18.2 Å². The van der Waals surface area contributed by atoms with Crippen LogP contribution in [0.2, 0.25) is 0 Å². The number of carbonyl (C=O) groups excluding carboxylic acids is 4. The number of fused-ring (bicyclic) bond motifs is 1. The third-order valence-electron chi connectivity index (χ3n) is 4.82. The molecule has 0 atom stereocenters. The maximum atomic E-state index is 12.7. The molecular formula is C22H18N4O5S. The molecule has 10 heteroatoms. The summed E-state index contributed by atoms with van der Waals surface area (Å²) in [6.45, 7) is 5.03.